The van der Waals surface area contributed by atoms with Gasteiger partial charge in [-0.25, -0.2) is 0 Å². The van der Waals surface area contributed by atoms with Gasteiger partial charge in [0.15, 0.2) is 0 Å². The molecule has 1 heterocycles. The molecule has 0 atom stereocenters. The average molecular weight is 237 g/mol. The third-order valence-electron chi connectivity index (χ3n) is 3.00. The van der Waals surface area contributed by atoms with Gasteiger partial charge in [-0.3, -0.25) is 0 Å². The number of hydrogen-bond donors (Lipinski definition) is 1. The third kappa shape index (κ3) is 2.00. The Kier molecular flexibility index (Phi) is 3.05. The summed E-state index contributed by atoms with van der Waals surface area (Å²) in [5.41, 5.74) is 8.23. The minimum atomic E-state index is 0.254. The van der Waals surface area contributed by atoms with Crippen LogP contribution in [-0.2, 0) is 0 Å². The fourth-order valence-corrected chi connectivity index (χ4v) is 1.85. The van der Waals surface area contributed by atoms with Crippen molar-refractivity contribution in [3.8, 4) is 5.88 Å². The first-order valence-electron chi connectivity index (χ1n) is 5.40. The van der Waals surface area contributed by atoms with Crippen LogP contribution in [0, 0.1) is 13.8 Å². The molecule has 0 radical (unpaired) electrons. The van der Waals surface area contributed by atoms with Crippen LogP contribution in [0.3, 0.4) is 0 Å². The summed E-state index contributed by atoms with van der Waals surface area (Å²) in [6.07, 6.45) is 3.62. The molecule has 1 saturated carbocycles. The van der Waals surface area contributed by atoms with E-state index in [1.54, 1.807) is 0 Å². The van der Waals surface area contributed by atoms with Gasteiger partial charge in [0.2, 0.25) is 5.88 Å². The van der Waals surface area contributed by atoms with Gasteiger partial charge in [-0.05, 0) is 38.7 Å². The number of aromatic nitrogens is 2. The Balaban J connectivity index is 2.35. The summed E-state index contributed by atoms with van der Waals surface area (Å²) >= 11 is 5.03. The molecule has 0 saturated heterocycles. The lowest BCUT2D eigenvalue weighted by atomic mass is 9.96. The van der Waals surface area contributed by atoms with Gasteiger partial charge in [-0.15, -0.1) is 5.10 Å². The first-order chi connectivity index (χ1) is 7.59. The molecule has 86 valence electrons. The highest BCUT2D eigenvalue weighted by atomic mass is 32.1. The molecule has 0 spiro atoms. The van der Waals surface area contributed by atoms with E-state index in [1.165, 1.54) is 6.42 Å². The topological polar surface area (TPSA) is 61.0 Å². The summed E-state index contributed by atoms with van der Waals surface area (Å²) in [6, 6.07) is 0. The molecule has 1 fully saturated rings. The molecule has 1 aliphatic carbocycles. The Morgan fingerprint density at radius 2 is 2.06 bits per heavy atom. The van der Waals surface area contributed by atoms with Crippen molar-refractivity contribution in [2.24, 2.45) is 5.73 Å². The van der Waals surface area contributed by atoms with Gasteiger partial charge in [0.25, 0.3) is 0 Å². The van der Waals surface area contributed by atoms with Crippen molar-refractivity contribution in [3.63, 3.8) is 0 Å². The van der Waals surface area contributed by atoms with E-state index in [0.29, 0.717) is 10.9 Å². The molecule has 0 aliphatic heterocycles. The minimum Gasteiger partial charge on any atom is -0.473 e. The van der Waals surface area contributed by atoms with Gasteiger partial charge in [0.05, 0.1) is 11.3 Å². The molecule has 16 heavy (non-hydrogen) atoms. The number of thiocarbonyl (C=S) groups is 1. The van der Waals surface area contributed by atoms with Crippen LogP contribution in [0.5, 0.6) is 5.88 Å². The molecule has 0 bridgehead atoms. The fourth-order valence-electron chi connectivity index (χ4n) is 1.61. The molecule has 0 aromatic carbocycles. The van der Waals surface area contributed by atoms with Crippen molar-refractivity contribution in [1.29, 1.82) is 0 Å². The SMILES string of the molecule is Cc1nnc(OC2CCC2)c(C(N)=S)c1C. The predicted octanol–water partition coefficient (Wildman–Crippen LogP) is 1.66. The standard InChI is InChI=1S/C11H15N3OS/c1-6-7(2)13-14-11(9(6)10(12)16)15-8-4-3-5-8/h8H,3-5H2,1-2H3,(H2,12,16). The first kappa shape index (κ1) is 11.3. The Hall–Kier alpha value is -1.23. The highest BCUT2D eigenvalue weighted by molar-refractivity contribution is 7.80. The Labute approximate surface area is 100 Å². The van der Waals surface area contributed by atoms with Crippen molar-refractivity contribution >= 4 is 17.2 Å². The largest absolute Gasteiger partial charge is 0.473 e. The molecule has 1 aliphatic rings. The molecule has 2 N–H and O–H groups in total. The van der Waals surface area contributed by atoms with E-state index in [1.807, 2.05) is 13.8 Å². The predicted molar refractivity (Wildman–Crippen MR) is 65.7 cm³/mol. The molecule has 2 rings (SSSR count). The fraction of sp³-hybridized carbons (Fsp3) is 0.545. The van der Waals surface area contributed by atoms with E-state index in [2.05, 4.69) is 10.2 Å². The molecule has 0 amide bonds. The summed E-state index contributed by atoms with van der Waals surface area (Å²) in [7, 11) is 0. The number of hydrogen-bond acceptors (Lipinski definition) is 4. The van der Waals surface area contributed by atoms with E-state index in [9.17, 15) is 0 Å². The van der Waals surface area contributed by atoms with Gasteiger partial charge in [0, 0.05) is 0 Å². The Morgan fingerprint density at radius 3 is 2.56 bits per heavy atom. The smallest absolute Gasteiger partial charge is 0.244 e. The maximum Gasteiger partial charge on any atom is 0.244 e. The second-order valence-corrected chi connectivity index (χ2v) is 4.57. The van der Waals surface area contributed by atoms with E-state index < -0.39 is 0 Å². The number of nitrogens with two attached hydrogens (primary N) is 1. The van der Waals surface area contributed by atoms with Crippen LogP contribution in [0.15, 0.2) is 0 Å². The van der Waals surface area contributed by atoms with Crippen LogP contribution in [-0.4, -0.2) is 21.3 Å². The van der Waals surface area contributed by atoms with Crippen LogP contribution in [0.1, 0.15) is 36.1 Å². The third-order valence-corrected chi connectivity index (χ3v) is 3.20. The number of rotatable bonds is 3. The van der Waals surface area contributed by atoms with Crippen LogP contribution in [0.2, 0.25) is 0 Å². The van der Waals surface area contributed by atoms with Gasteiger partial charge in [-0.2, -0.15) is 5.10 Å². The summed E-state index contributed by atoms with van der Waals surface area (Å²) < 4.78 is 5.74. The Morgan fingerprint density at radius 1 is 1.38 bits per heavy atom. The van der Waals surface area contributed by atoms with Crippen molar-refractivity contribution in [2.75, 3.05) is 0 Å². The molecular weight excluding hydrogens is 222 g/mol. The summed E-state index contributed by atoms with van der Waals surface area (Å²) in [4.78, 5) is 0.324. The highest BCUT2D eigenvalue weighted by Gasteiger charge is 2.23. The summed E-state index contributed by atoms with van der Waals surface area (Å²) in [6.45, 7) is 3.82. The molecule has 4 nitrogen and oxygen atoms in total. The first-order valence-corrected chi connectivity index (χ1v) is 5.80. The zero-order valence-corrected chi connectivity index (χ0v) is 10.3. The average Bonchev–Trinajstić information content (AvgIpc) is 2.16. The van der Waals surface area contributed by atoms with Crippen molar-refractivity contribution in [3.05, 3.63) is 16.8 Å². The number of aryl methyl sites for hydroxylation is 1. The summed E-state index contributed by atoms with van der Waals surface area (Å²) in [5.74, 6) is 0.486. The maximum absolute atomic E-state index is 5.74. The van der Waals surface area contributed by atoms with Crippen LogP contribution in [0.25, 0.3) is 0 Å². The second-order valence-electron chi connectivity index (χ2n) is 4.13. The minimum absolute atomic E-state index is 0.254. The molecule has 0 unspecified atom stereocenters. The van der Waals surface area contributed by atoms with Crippen molar-refractivity contribution in [1.82, 2.24) is 10.2 Å². The molecular formula is C11H15N3OS. The van der Waals surface area contributed by atoms with Gasteiger partial charge < -0.3 is 10.5 Å². The normalized spacial score (nSPS) is 15.6. The van der Waals surface area contributed by atoms with Crippen LogP contribution >= 0.6 is 12.2 Å². The molecule has 1 aromatic heterocycles. The summed E-state index contributed by atoms with van der Waals surface area (Å²) in [5, 5.41) is 8.09. The quantitative estimate of drug-likeness (QED) is 0.810. The van der Waals surface area contributed by atoms with Crippen molar-refractivity contribution < 1.29 is 4.74 Å². The zero-order valence-electron chi connectivity index (χ0n) is 9.49. The lowest BCUT2D eigenvalue weighted by Gasteiger charge is -2.26. The van der Waals surface area contributed by atoms with Gasteiger partial charge >= 0.3 is 0 Å². The van der Waals surface area contributed by atoms with Crippen LogP contribution in [0.4, 0.5) is 0 Å². The monoisotopic (exact) mass is 237 g/mol. The second kappa shape index (κ2) is 4.33. The van der Waals surface area contributed by atoms with E-state index >= 15 is 0 Å². The number of nitrogens with zero attached hydrogens (tertiary/aromatic N) is 2. The zero-order chi connectivity index (χ0) is 11.7. The van der Waals surface area contributed by atoms with Crippen LogP contribution < -0.4 is 10.5 Å². The van der Waals surface area contributed by atoms with E-state index in [-0.39, 0.29) is 6.10 Å². The van der Waals surface area contributed by atoms with Gasteiger partial charge in [0.1, 0.15) is 11.1 Å². The molecule has 1 aromatic rings. The van der Waals surface area contributed by atoms with Crippen molar-refractivity contribution in [2.45, 2.75) is 39.2 Å². The van der Waals surface area contributed by atoms with E-state index in [4.69, 9.17) is 22.7 Å². The Bertz CT molecular complexity index is 429. The number of ether oxygens (including phenoxy) is 1. The molecule has 5 heteroatoms. The lowest BCUT2D eigenvalue weighted by molar-refractivity contribution is 0.113. The van der Waals surface area contributed by atoms with E-state index in [0.717, 1.165) is 29.7 Å². The highest BCUT2D eigenvalue weighted by Crippen LogP contribution is 2.27. The van der Waals surface area contributed by atoms with Gasteiger partial charge in [-0.1, -0.05) is 12.2 Å². The maximum atomic E-state index is 5.74. The lowest BCUT2D eigenvalue weighted by Crippen LogP contribution is -2.27.